The van der Waals surface area contributed by atoms with Crippen molar-refractivity contribution >= 4 is 41.4 Å². The van der Waals surface area contributed by atoms with Crippen LogP contribution in [0.25, 0.3) is 0 Å². The third kappa shape index (κ3) is 8.67. The fraction of sp³-hybridized carbons (Fsp3) is 0.677. The van der Waals surface area contributed by atoms with E-state index in [1.54, 1.807) is 18.2 Å². The van der Waals surface area contributed by atoms with E-state index in [9.17, 15) is 19.2 Å². The van der Waals surface area contributed by atoms with Crippen LogP contribution in [0.5, 0.6) is 0 Å². The molecule has 1 aromatic carbocycles. The average Bonchev–Trinajstić information content (AvgIpc) is 3.00. The Morgan fingerprint density at radius 1 is 0.951 bits per heavy atom. The van der Waals surface area contributed by atoms with E-state index in [2.05, 4.69) is 4.90 Å². The molecule has 2 saturated heterocycles. The normalized spacial score (nSPS) is 19.2. The minimum atomic E-state index is -0.727. The minimum Gasteiger partial charge on any atom is -0.381 e. The Morgan fingerprint density at radius 3 is 2.27 bits per heavy atom. The summed E-state index contributed by atoms with van der Waals surface area (Å²) in [4.78, 5) is 53.9. The predicted molar refractivity (Wildman–Crippen MR) is 159 cm³/mol. The number of carbonyl (C=O) groups is 4. The SMILES string of the molecule is NC(=O)N(CCC=O)c1cc(C(=O)N2CCC(COCCC3CCN(C(=O)C4CCCCC4)CC3)CC2)ccc1Cl. The van der Waals surface area contributed by atoms with E-state index in [0.29, 0.717) is 60.0 Å². The van der Waals surface area contributed by atoms with Crippen LogP contribution in [0.4, 0.5) is 10.5 Å². The topological polar surface area (TPSA) is 113 Å². The van der Waals surface area contributed by atoms with Gasteiger partial charge < -0.3 is 25.1 Å². The number of benzene rings is 1. The summed E-state index contributed by atoms with van der Waals surface area (Å²) >= 11 is 6.29. The van der Waals surface area contributed by atoms with Gasteiger partial charge in [0, 0.05) is 63.8 Å². The molecule has 226 valence electrons. The molecule has 0 atom stereocenters. The van der Waals surface area contributed by atoms with Crippen LogP contribution < -0.4 is 10.6 Å². The summed E-state index contributed by atoms with van der Waals surface area (Å²) in [6.07, 6.45) is 11.6. The number of aldehydes is 1. The van der Waals surface area contributed by atoms with Gasteiger partial charge >= 0.3 is 6.03 Å². The van der Waals surface area contributed by atoms with Gasteiger partial charge in [-0.1, -0.05) is 30.9 Å². The van der Waals surface area contributed by atoms with Gasteiger partial charge in [-0.15, -0.1) is 0 Å². The Bertz CT molecular complexity index is 1050. The van der Waals surface area contributed by atoms with Crippen LogP contribution in [-0.4, -0.2) is 79.9 Å². The van der Waals surface area contributed by atoms with E-state index >= 15 is 0 Å². The highest BCUT2D eigenvalue weighted by atomic mass is 35.5. The fourth-order valence-corrected chi connectivity index (χ4v) is 6.64. The Kier molecular flexibility index (Phi) is 11.9. The smallest absolute Gasteiger partial charge is 0.319 e. The molecule has 0 bridgehead atoms. The molecule has 3 aliphatic rings. The third-order valence-corrected chi connectivity index (χ3v) is 9.35. The lowest BCUT2D eigenvalue weighted by atomic mass is 9.87. The van der Waals surface area contributed by atoms with Crippen molar-refractivity contribution < 1.29 is 23.9 Å². The fourth-order valence-electron chi connectivity index (χ4n) is 6.42. The first-order valence-corrected chi connectivity index (χ1v) is 15.7. The number of hydrogen-bond donors (Lipinski definition) is 1. The second-order valence-electron chi connectivity index (χ2n) is 11.8. The Hall–Kier alpha value is -2.65. The highest BCUT2D eigenvalue weighted by Gasteiger charge is 2.29. The molecule has 2 N–H and O–H groups in total. The number of urea groups is 1. The number of nitrogens with zero attached hydrogens (tertiary/aromatic N) is 3. The second-order valence-corrected chi connectivity index (χ2v) is 12.2. The van der Waals surface area contributed by atoms with Crippen molar-refractivity contribution in [3.8, 4) is 0 Å². The van der Waals surface area contributed by atoms with Gasteiger partial charge in [-0.25, -0.2) is 4.79 Å². The lowest BCUT2D eigenvalue weighted by Crippen LogP contribution is -2.42. The van der Waals surface area contributed by atoms with Crippen LogP contribution >= 0.6 is 11.6 Å². The Morgan fingerprint density at radius 2 is 1.61 bits per heavy atom. The molecule has 2 heterocycles. The van der Waals surface area contributed by atoms with Gasteiger partial charge in [-0.2, -0.15) is 0 Å². The maximum atomic E-state index is 13.2. The van der Waals surface area contributed by atoms with E-state index in [-0.39, 0.29) is 24.8 Å². The van der Waals surface area contributed by atoms with Crippen molar-refractivity contribution in [1.29, 1.82) is 0 Å². The molecule has 4 amide bonds. The van der Waals surface area contributed by atoms with Crippen molar-refractivity contribution in [3.05, 3.63) is 28.8 Å². The van der Waals surface area contributed by atoms with Gasteiger partial charge in [-0.3, -0.25) is 14.5 Å². The van der Waals surface area contributed by atoms with E-state index in [1.165, 1.54) is 24.2 Å². The van der Waals surface area contributed by atoms with E-state index < -0.39 is 6.03 Å². The maximum absolute atomic E-state index is 13.2. The molecule has 9 nitrogen and oxygen atoms in total. The van der Waals surface area contributed by atoms with Gasteiger partial charge in [0.25, 0.3) is 5.91 Å². The molecule has 0 spiro atoms. The summed E-state index contributed by atoms with van der Waals surface area (Å²) in [6.45, 7) is 4.61. The van der Waals surface area contributed by atoms with Gasteiger partial charge in [0.15, 0.2) is 0 Å². The third-order valence-electron chi connectivity index (χ3n) is 9.03. The van der Waals surface area contributed by atoms with Crippen molar-refractivity contribution in [2.24, 2.45) is 23.5 Å². The van der Waals surface area contributed by atoms with Crippen LogP contribution in [0.15, 0.2) is 18.2 Å². The van der Waals surface area contributed by atoms with Crippen molar-refractivity contribution in [3.63, 3.8) is 0 Å². The Labute approximate surface area is 248 Å². The molecule has 0 radical (unpaired) electrons. The quantitative estimate of drug-likeness (QED) is 0.292. The molecule has 2 aliphatic heterocycles. The van der Waals surface area contributed by atoms with Crippen molar-refractivity contribution in [1.82, 2.24) is 9.80 Å². The van der Waals surface area contributed by atoms with Crippen molar-refractivity contribution in [2.45, 2.75) is 70.6 Å². The predicted octanol–water partition coefficient (Wildman–Crippen LogP) is 4.89. The highest BCUT2D eigenvalue weighted by molar-refractivity contribution is 6.34. The van der Waals surface area contributed by atoms with Gasteiger partial charge in [-0.05, 0) is 75.0 Å². The molecular formula is C31H45ClN4O5. The second kappa shape index (κ2) is 15.5. The molecule has 3 fully saturated rings. The lowest BCUT2D eigenvalue weighted by molar-refractivity contribution is -0.138. The zero-order valence-corrected chi connectivity index (χ0v) is 24.9. The monoisotopic (exact) mass is 588 g/mol. The average molecular weight is 589 g/mol. The first kappa shape index (κ1) is 31.3. The summed E-state index contributed by atoms with van der Waals surface area (Å²) in [5.41, 5.74) is 6.25. The molecule has 4 rings (SSSR count). The molecule has 1 saturated carbocycles. The van der Waals surface area contributed by atoms with Gasteiger partial charge in [0.2, 0.25) is 5.91 Å². The number of primary amides is 1. The zero-order chi connectivity index (χ0) is 29.2. The molecule has 10 heteroatoms. The van der Waals surface area contributed by atoms with Crippen LogP contribution in [0.1, 0.15) is 81.0 Å². The maximum Gasteiger partial charge on any atom is 0.319 e. The van der Waals surface area contributed by atoms with Crippen LogP contribution in [0, 0.1) is 17.8 Å². The van der Waals surface area contributed by atoms with E-state index in [4.69, 9.17) is 22.1 Å². The van der Waals surface area contributed by atoms with E-state index in [0.717, 1.165) is 64.6 Å². The largest absolute Gasteiger partial charge is 0.381 e. The number of amides is 4. The molecule has 0 unspecified atom stereocenters. The summed E-state index contributed by atoms with van der Waals surface area (Å²) in [5, 5.41) is 0.292. The van der Waals surface area contributed by atoms with Crippen LogP contribution in [0.3, 0.4) is 0 Å². The Balaban J connectivity index is 1.15. The first-order valence-electron chi connectivity index (χ1n) is 15.3. The summed E-state index contributed by atoms with van der Waals surface area (Å²) in [7, 11) is 0. The number of anilines is 1. The number of likely N-dealkylation sites (tertiary alicyclic amines) is 2. The lowest BCUT2D eigenvalue weighted by Gasteiger charge is -2.35. The molecule has 1 aromatic rings. The molecule has 0 aromatic heterocycles. The van der Waals surface area contributed by atoms with Gasteiger partial charge in [0.1, 0.15) is 6.29 Å². The van der Waals surface area contributed by atoms with Crippen LogP contribution in [-0.2, 0) is 14.3 Å². The molecule has 1 aliphatic carbocycles. The number of nitrogens with two attached hydrogens (primary N) is 1. The number of rotatable bonds is 11. The van der Waals surface area contributed by atoms with Crippen LogP contribution in [0.2, 0.25) is 5.02 Å². The number of halogens is 1. The number of carbonyl (C=O) groups excluding carboxylic acids is 4. The summed E-state index contributed by atoms with van der Waals surface area (Å²) in [6, 6.07) is 4.08. The summed E-state index contributed by atoms with van der Waals surface area (Å²) in [5.74, 6) is 1.58. The van der Waals surface area contributed by atoms with Crippen molar-refractivity contribution in [2.75, 3.05) is 50.8 Å². The van der Waals surface area contributed by atoms with Gasteiger partial charge in [0.05, 0.1) is 10.7 Å². The molecule has 41 heavy (non-hydrogen) atoms. The molecular weight excluding hydrogens is 544 g/mol. The van der Waals surface area contributed by atoms with E-state index in [1.807, 2.05) is 4.90 Å². The zero-order valence-electron chi connectivity index (χ0n) is 24.1. The summed E-state index contributed by atoms with van der Waals surface area (Å²) < 4.78 is 6.06. The first-order chi connectivity index (χ1) is 19.9. The highest BCUT2D eigenvalue weighted by Crippen LogP contribution is 2.30. The minimum absolute atomic E-state index is 0.0981. The number of ether oxygens (including phenoxy) is 1. The number of piperidine rings is 2. The number of hydrogen-bond acceptors (Lipinski definition) is 5. The standard InChI is InChI=1S/C31H45ClN4O5/c32-27-8-7-26(21-28(27)36(31(33)40)14-4-19-37)30(39)35-17-11-24(12-18-35)22-41-20-13-23-9-15-34(16-10-23)29(38)25-5-2-1-3-6-25/h7-8,19,21,23-25H,1-6,9-18,20,22H2,(H2,33,40).